The van der Waals surface area contributed by atoms with Crippen LogP contribution in [0.25, 0.3) is 16.8 Å². The van der Waals surface area contributed by atoms with Gasteiger partial charge >= 0.3 is 5.97 Å². The molecule has 0 spiro atoms. The minimum absolute atomic E-state index is 0.0670. The predicted octanol–water partition coefficient (Wildman–Crippen LogP) is 3.94. The first-order valence-electron chi connectivity index (χ1n) is 7.27. The van der Waals surface area contributed by atoms with Gasteiger partial charge in [0.05, 0.1) is 25.4 Å². The highest BCUT2D eigenvalue weighted by atomic mass is 79.9. The van der Waals surface area contributed by atoms with Crippen LogP contribution >= 0.6 is 15.9 Å². The van der Waals surface area contributed by atoms with Crippen molar-refractivity contribution >= 4 is 21.9 Å². The van der Waals surface area contributed by atoms with Crippen LogP contribution in [0.5, 0.6) is 5.75 Å². The number of benzene rings is 2. The molecule has 24 heavy (non-hydrogen) atoms. The van der Waals surface area contributed by atoms with Gasteiger partial charge in [-0.05, 0) is 51.3 Å². The van der Waals surface area contributed by atoms with Gasteiger partial charge in [0.1, 0.15) is 10.4 Å². The molecule has 0 radical (unpaired) electrons. The van der Waals surface area contributed by atoms with Crippen LogP contribution in [-0.2, 0) is 11.2 Å². The normalized spacial score (nSPS) is 10.6. The van der Waals surface area contributed by atoms with Crippen molar-refractivity contribution in [2.24, 2.45) is 0 Å². The molecule has 3 aromatic rings. The summed E-state index contributed by atoms with van der Waals surface area (Å²) in [5.74, 6) is -0.0756. The lowest BCUT2D eigenvalue weighted by Crippen LogP contribution is -2.01. The fourth-order valence-electron chi connectivity index (χ4n) is 2.43. The van der Waals surface area contributed by atoms with Gasteiger partial charge < -0.3 is 9.84 Å². The molecule has 0 aliphatic rings. The number of halogens is 1. The standard InChI is InChI=1S/C18H15BrN2O3/c1-24-16-4-2-3-13(9-16)12-5-7-15(8-6-12)21-18(19)14(11-20-21)10-17(22)23/h2-9,11H,10H2,1H3,(H,22,23). The van der Waals surface area contributed by atoms with E-state index in [1.54, 1.807) is 18.0 Å². The van der Waals surface area contributed by atoms with Crippen LogP contribution in [-0.4, -0.2) is 28.0 Å². The number of carboxylic acid groups (broad SMARTS) is 1. The smallest absolute Gasteiger partial charge is 0.307 e. The Hall–Kier alpha value is -2.60. The number of hydrogen-bond donors (Lipinski definition) is 1. The van der Waals surface area contributed by atoms with Crippen molar-refractivity contribution in [1.82, 2.24) is 9.78 Å². The molecule has 122 valence electrons. The first-order valence-corrected chi connectivity index (χ1v) is 8.07. The van der Waals surface area contributed by atoms with Crippen molar-refractivity contribution in [2.45, 2.75) is 6.42 Å². The van der Waals surface area contributed by atoms with E-state index in [9.17, 15) is 4.79 Å². The second-order valence-corrected chi connectivity index (χ2v) is 5.97. The third-order valence-corrected chi connectivity index (χ3v) is 4.48. The first kappa shape index (κ1) is 16.3. The highest BCUT2D eigenvalue weighted by Crippen LogP contribution is 2.26. The summed E-state index contributed by atoms with van der Waals surface area (Å²) in [5, 5.41) is 13.2. The molecule has 2 aromatic carbocycles. The van der Waals surface area contributed by atoms with Crippen LogP contribution in [0.1, 0.15) is 5.56 Å². The Morgan fingerprint density at radius 1 is 1.21 bits per heavy atom. The van der Waals surface area contributed by atoms with Gasteiger partial charge in [0, 0.05) is 5.56 Å². The van der Waals surface area contributed by atoms with Gasteiger partial charge in [0.15, 0.2) is 0 Å². The molecule has 0 bridgehead atoms. The fourth-order valence-corrected chi connectivity index (χ4v) is 2.97. The molecule has 1 N–H and O–H groups in total. The summed E-state index contributed by atoms with van der Waals surface area (Å²) in [6.45, 7) is 0. The number of aromatic nitrogens is 2. The zero-order valence-electron chi connectivity index (χ0n) is 12.9. The molecule has 0 unspecified atom stereocenters. The molecule has 0 aliphatic carbocycles. The number of nitrogens with zero attached hydrogens (tertiary/aromatic N) is 2. The lowest BCUT2D eigenvalue weighted by Gasteiger charge is -2.07. The topological polar surface area (TPSA) is 64.4 Å². The Morgan fingerprint density at radius 2 is 1.96 bits per heavy atom. The van der Waals surface area contributed by atoms with Crippen molar-refractivity contribution in [3.05, 3.63) is 64.9 Å². The van der Waals surface area contributed by atoms with Crippen molar-refractivity contribution < 1.29 is 14.6 Å². The maximum atomic E-state index is 10.9. The van der Waals surface area contributed by atoms with Gasteiger partial charge in [-0.2, -0.15) is 5.10 Å². The largest absolute Gasteiger partial charge is 0.497 e. The second-order valence-electron chi connectivity index (χ2n) is 5.22. The Morgan fingerprint density at radius 3 is 2.62 bits per heavy atom. The van der Waals surface area contributed by atoms with E-state index in [1.807, 2.05) is 48.5 Å². The lowest BCUT2D eigenvalue weighted by molar-refractivity contribution is -0.136. The molecule has 0 fully saturated rings. The molecule has 0 saturated heterocycles. The van der Waals surface area contributed by atoms with Crippen molar-refractivity contribution in [2.75, 3.05) is 7.11 Å². The van der Waals surface area contributed by atoms with E-state index >= 15 is 0 Å². The summed E-state index contributed by atoms with van der Waals surface area (Å²) in [7, 11) is 1.65. The van der Waals surface area contributed by atoms with Crippen LogP contribution < -0.4 is 4.74 Å². The van der Waals surface area contributed by atoms with Gasteiger partial charge in [-0.25, -0.2) is 4.68 Å². The monoisotopic (exact) mass is 386 g/mol. The van der Waals surface area contributed by atoms with E-state index in [-0.39, 0.29) is 6.42 Å². The highest BCUT2D eigenvalue weighted by Gasteiger charge is 2.12. The van der Waals surface area contributed by atoms with Crippen molar-refractivity contribution in [3.63, 3.8) is 0 Å². The van der Waals surface area contributed by atoms with Crippen molar-refractivity contribution in [1.29, 1.82) is 0 Å². The van der Waals surface area contributed by atoms with Gasteiger partial charge in [0.2, 0.25) is 0 Å². The number of rotatable bonds is 5. The maximum absolute atomic E-state index is 10.9. The summed E-state index contributed by atoms with van der Waals surface area (Å²) >= 11 is 3.42. The summed E-state index contributed by atoms with van der Waals surface area (Å²) in [4.78, 5) is 10.9. The number of hydrogen-bond acceptors (Lipinski definition) is 3. The molecule has 0 amide bonds. The molecule has 0 saturated carbocycles. The zero-order chi connectivity index (χ0) is 17.1. The Labute approximate surface area is 147 Å². The van der Waals surface area contributed by atoms with Gasteiger partial charge in [-0.3, -0.25) is 4.79 Å². The molecular weight excluding hydrogens is 372 g/mol. The van der Waals surface area contributed by atoms with E-state index in [4.69, 9.17) is 9.84 Å². The molecule has 0 aliphatic heterocycles. The third-order valence-electron chi connectivity index (χ3n) is 3.64. The van der Waals surface area contributed by atoms with Gasteiger partial charge in [-0.15, -0.1) is 0 Å². The van der Waals surface area contributed by atoms with Crippen LogP contribution in [0, 0.1) is 0 Å². The Balaban J connectivity index is 1.89. The van der Waals surface area contributed by atoms with Gasteiger partial charge in [0.25, 0.3) is 0 Å². The zero-order valence-corrected chi connectivity index (χ0v) is 14.5. The molecule has 3 rings (SSSR count). The van der Waals surface area contributed by atoms with E-state index in [0.29, 0.717) is 10.2 Å². The average Bonchev–Trinajstić information content (AvgIpc) is 2.95. The lowest BCUT2D eigenvalue weighted by atomic mass is 10.1. The molecular formula is C18H15BrN2O3. The van der Waals surface area contributed by atoms with E-state index in [2.05, 4.69) is 21.0 Å². The van der Waals surface area contributed by atoms with Crippen LogP contribution in [0.2, 0.25) is 0 Å². The number of ether oxygens (including phenoxy) is 1. The molecule has 1 aromatic heterocycles. The molecule has 5 nitrogen and oxygen atoms in total. The SMILES string of the molecule is COc1cccc(-c2ccc(-n3ncc(CC(=O)O)c3Br)cc2)c1. The number of methoxy groups -OCH3 is 1. The molecule has 0 atom stereocenters. The van der Waals surface area contributed by atoms with Gasteiger partial charge in [-0.1, -0.05) is 24.3 Å². The second kappa shape index (κ2) is 6.88. The Kier molecular flexibility index (Phi) is 4.66. The summed E-state index contributed by atoms with van der Waals surface area (Å²) in [6.07, 6.45) is 1.50. The predicted molar refractivity (Wildman–Crippen MR) is 94.6 cm³/mol. The van der Waals surface area contributed by atoms with E-state index in [1.165, 1.54) is 0 Å². The van der Waals surface area contributed by atoms with Crippen molar-refractivity contribution in [3.8, 4) is 22.6 Å². The number of aliphatic carboxylic acids is 1. The number of carbonyl (C=O) groups is 1. The first-order chi connectivity index (χ1) is 11.6. The minimum atomic E-state index is -0.886. The summed E-state index contributed by atoms with van der Waals surface area (Å²) in [5.41, 5.74) is 3.61. The minimum Gasteiger partial charge on any atom is -0.497 e. The molecule has 1 heterocycles. The van der Waals surface area contributed by atoms with Crippen LogP contribution in [0.4, 0.5) is 0 Å². The van der Waals surface area contributed by atoms with Crippen LogP contribution in [0.3, 0.4) is 0 Å². The molecule has 6 heteroatoms. The van der Waals surface area contributed by atoms with E-state index < -0.39 is 5.97 Å². The number of carboxylic acids is 1. The Bertz CT molecular complexity index is 872. The summed E-state index contributed by atoms with van der Waals surface area (Å²) < 4.78 is 7.58. The fraction of sp³-hybridized carbons (Fsp3) is 0.111. The third kappa shape index (κ3) is 3.33. The quantitative estimate of drug-likeness (QED) is 0.721. The average molecular weight is 387 g/mol. The highest BCUT2D eigenvalue weighted by molar-refractivity contribution is 9.10. The maximum Gasteiger partial charge on any atom is 0.307 e. The van der Waals surface area contributed by atoms with E-state index in [0.717, 1.165) is 22.6 Å². The van der Waals surface area contributed by atoms with Crippen LogP contribution in [0.15, 0.2) is 59.3 Å². The summed E-state index contributed by atoms with van der Waals surface area (Å²) in [6, 6.07) is 15.7.